The standard InChI is InChI=1S/C60H83FN10O8/c1-11-69-49-17-14-38(29-44(49)46(31-59(5,6)34-72)53(69)45-30-42(32-63-51(45)36(4)79-10)68-23-21-67(22-24-68)41-15-16-41)39-25-37-26-40(28-39)62-33-50-43(18-20-70(50)58(78)60(7,8)61)55(74)66(9)52(35(2)3)54(73)64-48(27-37)56(75)71-19-12-13-47(65-71)57(76)77/h14,17,25-26,28-30,32,35-36,41,43,47-48,50,52,62,65,72H,11-13,15-16,18-24,27,31,33-34H2,1-10H3,(H,64,73)(H,76,77)/t36-,43-,47-,48-,50+,52-/m0/s1. The number of hydrogen-bond donors (Lipinski definition) is 5. The number of carbonyl (C=O) groups is 5. The van der Waals surface area contributed by atoms with Crippen LogP contribution in [0.3, 0.4) is 0 Å². The molecule has 1 saturated carbocycles. The number of piperazine rings is 1. The summed E-state index contributed by atoms with van der Waals surface area (Å²) >= 11 is 0. The van der Waals surface area contributed by atoms with Gasteiger partial charge >= 0.3 is 5.97 Å². The first kappa shape index (κ1) is 57.5. The normalized spacial score (nSPS) is 23.4. The fourth-order valence-electron chi connectivity index (χ4n) is 12.6. The minimum atomic E-state index is -2.21. The number of pyridine rings is 1. The number of carbonyl (C=O) groups excluding carboxylic acids is 4. The fourth-order valence-corrected chi connectivity index (χ4v) is 12.6. The third-order valence-electron chi connectivity index (χ3n) is 17.2. The Kier molecular flexibility index (Phi) is 16.9. The molecule has 1 aliphatic carbocycles. The summed E-state index contributed by atoms with van der Waals surface area (Å²) < 4.78 is 23.9. The van der Waals surface area contributed by atoms with Crippen LogP contribution in [-0.2, 0) is 48.1 Å². The van der Waals surface area contributed by atoms with Gasteiger partial charge in [0, 0.05) is 108 Å². The molecule has 4 aliphatic heterocycles. The number of fused-ring (bicyclic) bond motifs is 4. The number of aryl methyl sites for hydroxylation is 1. The Morgan fingerprint density at radius 3 is 2.29 bits per heavy atom. The van der Waals surface area contributed by atoms with Gasteiger partial charge in [-0.15, -0.1) is 0 Å². The Labute approximate surface area is 464 Å². The number of carboxylic acid groups (broad SMARTS) is 1. The number of methoxy groups -OCH3 is 1. The molecule has 3 saturated heterocycles. The van der Waals surface area contributed by atoms with Gasteiger partial charge < -0.3 is 44.9 Å². The number of alkyl halides is 1. The highest BCUT2D eigenvalue weighted by Gasteiger charge is 2.48. The maximum atomic E-state index is 15.6. The van der Waals surface area contributed by atoms with E-state index in [0.717, 1.165) is 76.4 Å². The van der Waals surface area contributed by atoms with Crippen molar-refractivity contribution in [1.29, 1.82) is 0 Å². The van der Waals surface area contributed by atoms with Crippen molar-refractivity contribution < 1.29 is 43.3 Å². The third kappa shape index (κ3) is 12.0. The number of anilines is 2. The number of rotatable bonds is 14. The van der Waals surface area contributed by atoms with Crippen molar-refractivity contribution in [2.24, 2.45) is 17.3 Å². The number of likely N-dealkylation sites (tertiary alicyclic amines) is 1. The second-order valence-corrected chi connectivity index (χ2v) is 24.3. The van der Waals surface area contributed by atoms with Crippen molar-refractivity contribution in [3.63, 3.8) is 0 Å². The van der Waals surface area contributed by atoms with Gasteiger partial charge in [0.2, 0.25) is 11.8 Å². The van der Waals surface area contributed by atoms with Crippen LogP contribution in [0.2, 0.25) is 0 Å². The van der Waals surface area contributed by atoms with Crippen LogP contribution in [0, 0.1) is 17.3 Å². The Morgan fingerprint density at radius 2 is 1.65 bits per heavy atom. The summed E-state index contributed by atoms with van der Waals surface area (Å²) in [5, 5.41) is 29.7. The van der Waals surface area contributed by atoms with E-state index >= 15 is 4.39 Å². The number of hydrazine groups is 1. The van der Waals surface area contributed by atoms with Gasteiger partial charge in [0.05, 0.1) is 41.3 Å². The number of ether oxygens (including phenoxy) is 1. The molecule has 6 heterocycles. The van der Waals surface area contributed by atoms with Crippen LogP contribution in [0.5, 0.6) is 0 Å². The van der Waals surface area contributed by atoms with Crippen molar-refractivity contribution in [3.05, 3.63) is 65.5 Å². The topological polar surface area (TPSA) is 205 Å². The Morgan fingerprint density at radius 1 is 0.911 bits per heavy atom. The van der Waals surface area contributed by atoms with Crippen molar-refractivity contribution in [3.8, 4) is 22.4 Å². The van der Waals surface area contributed by atoms with E-state index < -0.39 is 70.8 Å². The number of aliphatic hydroxyl groups is 1. The van der Waals surface area contributed by atoms with Crippen LogP contribution in [0.15, 0.2) is 48.7 Å². The SMILES string of the molecule is CCn1c(-c2cc(N3CCN(C4CC4)CC3)cnc2[C@H](C)OC)c(CC(C)(C)CO)c2cc(-c3cc4cc(c3)NC[C@@H]3[C@H](CCN3C(=O)C(C)(C)F)C(=O)N(C)[C@@H](C(C)C)C(=O)N[C@H](C(=O)N3CCC[C@@H](C(=O)O)N3)C4)ccc21. The molecule has 5 N–H and O–H groups in total. The summed E-state index contributed by atoms with van der Waals surface area (Å²) in [7, 11) is 3.25. The van der Waals surface area contributed by atoms with Crippen molar-refractivity contribution in [1.82, 2.24) is 40.0 Å². The maximum Gasteiger partial charge on any atom is 0.322 e. The number of nitrogens with one attached hydrogen (secondary N) is 3. The maximum absolute atomic E-state index is 15.6. The van der Waals surface area contributed by atoms with Crippen LogP contribution < -0.4 is 21.0 Å². The van der Waals surface area contributed by atoms with E-state index in [1.165, 1.54) is 41.5 Å². The van der Waals surface area contributed by atoms with E-state index in [9.17, 15) is 34.2 Å². The summed E-state index contributed by atoms with van der Waals surface area (Å²) in [4.78, 5) is 83.3. The molecule has 18 nitrogen and oxygen atoms in total. The smallest absolute Gasteiger partial charge is 0.322 e. The Hall–Kier alpha value is -6.15. The number of halogens is 1. The van der Waals surface area contributed by atoms with E-state index in [0.29, 0.717) is 43.1 Å². The summed E-state index contributed by atoms with van der Waals surface area (Å²) in [6, 6.07) is 11.2. The number of benzene rings is 2. The molecule has 6 atom stereocenters. The summed E-state index contributed by atoms with van der Waals surface area (Å²) in [6.07, 6.45) is 5.72. The minimum Gasteiger partial charge on any atom is -0.480 e. The molecule has 19 heteroatoms. The van der Waals surface area contributed by atoms with Crippen LogP contribution in [0.1, 0.15) is 110 Å². The second-order valence-electron chi connectivity index (χ2n) is 24.3. The Balaban J connectivity index is 1.19. The summed E-state index contributed by atoms with van der Waals surface area (Å²) in [5.41, 5.74) is 8.92. The highest BCUT2D eigenvalue weighted by Crippen LogP contribution is 2.44. The van der Waals surface area contributed by atoms with Gasteiger partial charge in [0.1, 0.15) is 18.1 Å². The number of hydrogen-bond acceptors (Lipinski definition) is 12. The molecule has 4 fully saturated rings. The first-order chi connectivity index (χ1) is 37.5. The van der Waals surface area contributed by atoms with Gasteiger partial charge in [0.15, 0.2) is 5.67 Å². The van der Waals surface area contributed by atoms with Crippen molar-refractivity contribution in [2.45, 2.75) is 149 Å². The van der Waals surface area contributed by atoms with Crippen LogP contribution >= 0.6 is 0 Å². The van der Waals surface area contributed by atoms with E-state index in [2.05, 4.69) is 75.5 Å². The molecule has 4 amide bonds. The lowest BCUT2D eigenvalue weighted by Crippen LogP contribution is -2.62. The minimum absolute atomic E-state index is 0.00777. The Bertz CT molecular complexity index is 2940. The molecule has 5 aliphatic rings. The average molecular weight is 1090 g/mol. The predicted molar refractivity (Wildman–Crippen MR) is 303 cm³/mol. The van der Waals surface area contributed by atoms with Crippen LogP contribution in [0.25, 0.3) is 33.3 Å². The van der Waals surface area contributed by atoms with Gasteiger partial charge in [-0.2, -0.15) is 0 Å². The van der Waals surface area contributed by atoms with Crippen LogP contribution in [0.4, 0.5) is 15.8 Å². The third-order valence-corrected chi connectivity index (χ3v) is 17.2. The largest absolute Gasteiger partial charge is 0.480 e. The molecule has 2 bridgehead atoms. The van der Waals surface area contributed by atoms with Gasteiger partial charge in [-0.3, -0.25) is 38.9 Å². The molecule has 79 heavy (non-hydrogen) atoms. The summed E-state index contributed by atoms with van der Waals surface area (Å²) in [5.74, 6) is -4.48. The van der Waals surface area contributed by atoms with Gasteiger partial charge in [-0.25, -0.2) is 9.82 Å². The number of amides is 4. The molecule has 0 radical (unpaired) electrons. The molecule has 4 aromatic rings. The van der Waals surface area contributed by atoms with Gasteiger partial charge in [0.25, 0.3) is 11.8 Å². The lowest BCUT2D eigenvalue weighted by atomic mass is 9.84. The zero-order valence-electron chi connectivity index (χ0n) is 47.9. The second kappa shape index (κ2) is 23.1. The molecular formula is C60H83FN10O8. The molecule has 9 rings (SSSR count). The van der Waals surface area contributed by atoms with E-state index in [1.807, 2.05) is 45.2 Å². The molecule has 0 spiro atoms. The van der Waals surface area contributed by atoms with Crippen molar-refractivity contribution >= 4 is 51.9 Å². The highest BCUT2D eigenvalue weighted by atomic mass is 19.1. The number of aliphatic hydroxyl groups excluding tert-OH is 1. The zero-order chi connectivity index (χ0) is 56.8. The molecule has 2 aromatic carbocycles. The fraction of sp³-hybridized carbons (Fsp3) is 0.600. The molecule has 428 valence electrons. The number of aromatic nitrogens is 2. The van der Waals surface area contributed by atoms with Crippen LogP contribution in [-0.4, -0.2) is 172 Å². The average Bonchev–Trinajstić information content (AvgIpc) is 4.33. The van der Waals surface area contributed by atoms with Gasteiger partial charge in [-0.05, 0) is 130 Å². The monoisotopic (exact) mass is 1090 g/mol. The zero-order valence-corrected chi connectivity index (χ0v) is 47.9. The molecule has 0 unspecified atom stereocenters. The van der Waals surface area contributed by atoms with E-state index in [4.69, 9.17) is 9.72 Å². The quantitative estimate of drug-likeness (QED) is 0.0926. The lowest BCUT2D eigenvalue weighted by Gasteiger charge is -2.37. The molecule has 2 aromatic heterocycles. The van der Waals surface area contributed by atoms with Crippen molar-refractivity contribution in [2.75, 3.05) is 76.8 Å². The van der Waals surface area contributed by atoms with E-state index in [-0.39, 0.29) is 51.1 Å². The lowest BCUT2D eigenvalue weighted by molar-refractivity contribution is -0.149. The number of carboxylic acids is 1. The first-order valence-electron chi connectivity index (χ1n) is 28.6. The summed E-state index contributed by atoms with van der Waals surface area (Å²) in [6.45, 7) is 19.2. The van der Waals surface area contributed by atoms with E-state index in [1.54, 1.807) is 14.2 Å². The predicted octanol–water partition coefficient (Wildman–Crippen LogP) is 6.42. The van der Waals surface area contributed by atoms with Gasteiger partial charge in [-0.1, -0.05) is 39.8 Å². The highest BCUT2D eigenvalue weighted by molar-refractivity contribution is 5.97. The number of likely N-dealkylation sites (N-methyl/N-ethyl adjacent to an activating group) is 1. The number of aliphatic carboxylic acids is 1. The molecular weight excluding hydrogens is 1010 g/mol. The first-order valence-corrected chi connectivity index (χ1v) is 28.6. The number of nitrogens with zero attached hydrogens (tertiary/aromatic N) is 7.